The summed E-state index contributed by atoms with van der Waals surface area (Å²) in [4.78, 5) is 42.2. The minimum absolute atomic E-state index is 0.00877. The Hall–Kier alpha value is -5.43. The van der Waals surface area contributed by atoms with Gasteiger partial charge in [0.2, 0.25) is 17.8 Å². The Morgan fingerprint density at radius 2 is 1.56 bits per heavy atom. The topological polar surface area (TPSA) is 196 Å². The van der Waals surface area contributed by atoms with E-state index in [-0.39, 0.29) is 47.5 Å². The van der Waals surface area contributed by atoms with Gasteiger partial charge in [0.25, 0.3) is 5.91 Å². The fourth-order valence-corrected chi connectivity index (χ4v) is 4.68. The van der Waals surface area contributed by atoms with Gasteiger partial charge in [-0.1, -0.05) is 30.3 Å². The van der Waals surface area contributed by atoms with Crippen molar-refractivity contribution in [3.05, 3.63) is 89.2 Å². The highest BCUT2D eigenvalue weighted by molar-refractivity contribution is 6.05. The Morgan fingerprint density at radius 1 is 0.837 bits per heavy atom. The third kappa shape index (κ3) is 7.65. The number of nitrogens with one attached hydrogen (secondary N) is 2. The van der Waals surface area contributed by atoms with Gasteiger partial charge in [0, 0.05) is 44.8 Å². The van der Waals surface area contributed by atoms with Crippen LogP contribution in [0.4, 0.5) is 23.3 Å². The Labute approximate surface area is 248 Å². The molecule has 0 saturated carbocycles. The number of carbonyl (C=O) groups excluding carboxylic acids is 2. The van der Waals surface area contributed by atoms with Gasteiger partial charge >= 0.3 is 0 Å². The molecule has 0 radical (unpaired) electrons. The zero-order valence-electron chi connectivity index (χ0n) is 23.4. The number of piperazine rings is 1. The summed E-state index contributed by atoms with van der Waals surface area (Å²) in [6, 6.07) is 18.9. The number of hydrogen-bond acceptors (Lipinski definition) is 11. The summed E-state index contributed by atoms with van der Waals surface area (Å²) in [6.07, 6.45) is -0.0109. The van der Waals surface area contributed by atoms with Crippen LogP contribution >= 0.6 is 0 Å². The van der Waals surface area contributed by atoms with E-state index in [1.807, 2.05) is 12.1 Å². The largest absolute Gasteiger partial charge is 0.504 e. The van der Waals surface area contributed by atoms with Crippen LogP contribution in [0.15, 0.2) is 66.7 Å². The number of hydrogen-bond donors (Lipinski definition) is 6. The van der Waals surface area contributed by atoms with Gasteiger partial charge in [-0.25, -0.2) is 0 Å². The summed E-state index contributed by atoms with van der Waals surface area (Å²) in [7, 11) is 0. The first kappa shape index (κ1) is 29.1. The molecule has 0 atom stereocenters. The molecule has 0 bridgehead atoms. The van der Waals surface area contributed by atoms with Gasteiger partial charge in [0.15, 0.2) is 11.5 Å². The molecule has 0 unspecified atom stereocenters. The second-order valence-electron chi connectivity index (χ2n) is 10.2. The van der Waals surface area contributed by atoms with E-state index in [0.717, 1.165) is 11.1 Å². The van der Waals surface area contributed by atoms with Crippen molar-refractivity contribution in [2.75, 3.05) is 48.3 Å². The summed E-state index contributed by atoms with van der Waals surface area (Å²) in [5, 5.41) is 25.1. The molecule has 3 aromatic carbocycles. The van der Waals surface area contributed by atoms with E-state index in [1.165, 1.54) is 6.07 Å². The number of para-hydroxylation sites is 2. The van der Waals surface area contributed by atoms with Crippen LogP contribution < -0.4 is 22.1 Å². The lowest BCUT2D eigenvalue weighted by Gasteiger charge is -2.34. The highest BCUT2D eigenvalue weighted by Gasteiger charge is 2.23. The number of nitrogen functional groups attached to an aromatic ring is 2. The molecule has 1 aliphatic rings. The van der Waals surface area contributed by atoms with Crippen LogP contribution in [-0.2, 0) is 24.3 Å². The Balaban J connectivity index is 1.11. The number of anilines is 4. The highest BCUT2D eigenvalue weighted by Crippen LogP contribution is 2.25. The monoisotopic (exact) mass is 583 g/mol. The minimum Gasteiger partial charge on any atom is -0.504 e. The number of aromatic hydroxyl groups is 2. The maximum Gasteiger partial charge on any atom is 0.255 e. The molecule has 222 valence electrons. The van der Waals surface area contributed by atoms with Crippen LogP contribution in [0.3, 0.4) is 0 Å². The van der Waals surface area contributed by atoms with E-state index < -0.39 is 0 Å². The van der Waals surface area contributed by atoms with E-state index in [1.54, 1.807) is 53.4 Å². The smallest absolute Gasteiger partial charge is 0.255 e. The summed E-state index contributed by atoms with van der Waals surface area (Å²) in [6.45, 7) is 3.39. The molecule has 2 amide bonds. The van der Waals surface area contributed by atoms with Gasteiger partial charge in [-0.05, 0) is 47.5 Å². The van der Waals surface area contributed by atoms with Gasteiger partial charge in [0.1, 0.15) is 5.82 Å². The second kappa shape index (κ2) is 13.0. The fourth-order valence-electron chi connectivity index (χ4n) is 4.68. The zero-order valence-corrected chi connectivity index (χ0v) is 23.4. The van der Waals surface area contributed by atoms with Crippen LogP contribution in [0.5, 0.6) is 11.5 Å². The van der Waals surface area contributed by atoms with Gasteiger partial charge in [-0.2, -0.15) is 15.0 Å². The molecular formula is C30H33N9O4. The quantitative estimate of drug-likeness (QED) is 0.125. The SMILES string of the molecule is Nc1nc(CC(=O)N2CCN(Cc3ccc(O)c(O)c3)CC2)nc(NCc2ccc(C(=O)Nc3ccccc3N)cc2)n1. The van der Waals surface area contributed by atoms with E-state index in [2.05, 4.69) is 30.5 Å². The molecule has 5 rings (SSSR count). The average Bonchev–Trinajstić information content (AvgIpc) is 2.99. The van der Waals surface area contributed by atoms with Crippen molar-refractivity contribution >= 4 is 35.1 Å². The number of rotatable bonds is 9. The molecule has 1 aromatic heterocycles. The lowest BCUT2D eigenvalue weighted by Crippen LogP contribution is -2.48. The lowest BCUT2D eigenvalue weighted by molar-refractivity contribution is -0.132. The maximum absolute atomic E-state index is 13.0. The molecule has 2 heterocycles. The van der Waals surface area contributed by atoms with Gasteiger partial charge in [0.05, 0.1) is 17.8 Å². The van der Waals surface area contributed by atoms with Gasteiger partial charge < -0.3 is 37.2 Å². The highest BCUT2D eigenvalue weighted by atomic mass is 16.3. The number of nitrogens with zero attached hydrogens (tertiary/aromatic N) is 5. The second-order valence-corrected chi connectivity index (χ2v) is 10.2. The standard InChI is InChI=1S/C30H33N9O4/c31-22-3-1-2-4-23(22)34-28(43)21-8-5-19(6-9-21)17-33-30-36-26(35-29(32)37-30)16-27(42)39-13-11-38(12-14-39)18-20-7-10-24(40)25(41)15-20/h1-10,15,40-41H,11-14,16-18,31H2,(H,34,43)(H3,32,33,35,36,37). The normalized spacial score (nSPS) is 13.4. The van der Waals surface area contributed by atoms with Crippen LogP contribution in [-0.4, -0.2) is 73.0 Å². The van der Waals surface area contributed by atoms with Crippen molar-refractivity contribution in [2.45, 2.75) is 19.5 Å². The summed E-state index contributed by atoms with van der Waals surface area (Å²) in [5.41, 5.74) is 15.1. The molecule has 1 saturated heterocycles. The molecule has 4 aromatic rings. The summed E-state index contributed by atoms with van der Waals surface area (Å²) >= 11 is 0. The fraction of sp³-hybridized carbons (Fsp3) is 0.233. The number of benzene rings is 3. The predicted molar refractivity (Wildman–Crippen MR) is 162 cm³/mol. The molecule has 0 aliphatic carbocycles. The Kier molecular flexibility index (Phi) is 8.82. The number of amides is 2. The van der Waals surface area contributed by atoms with Gasteiger partial charge in [-0.15, -0.1) is 0 Å². The van der Waals surface area contributed by atoms with Crippen molar-refractivity contribution in [1.29, 1.82) is 0 Å². The van der Waals surface area contributed by atoms with Crippen LogP contribution in [0.1, 0.15) is 27.3 Å². The van der Waals surface area contributed by atoms with Crippen molar-refractivity contribution in [1.82, 2.24) is 24.8 Å². The van der Waals surface area contributed by atoms with Crippen LogP contribution in [0.2, 0.25) is 0 Å². The average molecular weight is 584 g/mol. The van der Waals surface area contributed by atoms with E-state index in [9.17, 15) is 19.8 Å². The Bertz CT molecular complexity index is 1610. The number of phenolic OH excluding ortho intramolecular Hbond substituents is 2. The summed E-state index contributed by atoms with van der Waals surface area (Å²) < 4.78 is 0. The predicted octanol–water partition coefficient (Wildman–Crippen LogP) is 2.20. The zero-order chi connectivity index (χ0) is 30.3. The van der Waals surface area contributed by atoms with Crippen LogP contribution in [0.25, 0.3) is 0 Å². The van der Waals surface area contributed by atoms with Gasteiger partial charge in [-0.3, -0.25) is 14.5 Å². The van der Waals surface area contributed by atoms with Crippen molar-refractivity contribution in [2.24, 2.45) is 0 Å². The maximum atomic E-state index is 13.0. The first-order valence-corrected chi connectivity index (χ1v) is 13.7. The molecule has 13 heteroatoms. The summed E-state index contributed by atoms with van der Waals surface area (Å²) in [5.74, 6) is -0.144. The number of nitrogens with two attached hydrogens (primary N) is 2. The first-order chi connectivity index (χ1) is 20.7. The number of aromatic nitrogens is 3. The van der Waals surface area contributed by atoms with Crippen LogP contribution in [0, 0.1) is 0 Å². The molecule has 1 fully saturated rings. The third-order valence-corrected chi connectivity index (χ3v) is 7.06. The molecule has 0 spiro atoms. The Morgan fingerprint density at radius 3 is 2.28 bits per heavy atom. The van der Waals surface area contributed by atoms with Crippen molar-refractivity contribution in [3.63, 3.8) is 0 Å². The number of carbonyl (C=O) groups is 2. The molecule has 8 N–H and O–H groups in total. The van der Waals surface area contributed by atoms with E-state index >= 15 is 0 Å². The van der Waals surface area contributed by atoms with E-state index in [4.69, 9.17) is 11.5 Å². The lowest BCUT2D eigenvalue weighted by atomic mass is 10.1. The minimum atomic E-state index is -0.268. The molecule has 13 nitrogen and oxygen atoms in total. The first-order valence-electron chi connectivity index (χ1n) is 13.7. The number of phenols is 2. The van der Waals surface area contributed by atoms with Crippen molar-refractivity contribution in [3.8, 4) is 11.5 Å². The third-order valence-electron chi connectivity index (χ3n) is 7.06. The van der Waals surface area contributed by atoms with E-state index in [0.29, 0.717) is 56.2 Å². The van der Waals surface area contributed by atoms with Crippen molar-refractivity contribution < 1.29 is 19.8 Å². The molecular weight excluding hydrogens is 550 g/mol. The molecule has 1 aliphatic heterocycles. The molecule has 43 heavy (non-hydrogen) atoms.